The van der Waals surface area contributed by atoms with Crippen LogP contribution in [0, 0.1) is 5.82 Å². The highest BCUT2D eigenvalue weighted by Crippen LogP contribution is 2.19. The minimum absolute atomic E-state index is 0.114. The zero-order valence-electron chi connectivity index (χ0n) is 11.4. The Morgan fingerprint density at radius 2 is 2.10 bits per heavy atom. The van der Waals surface area contributed by atoms with Crippen molar-refractivity contribution in [2.45, 2.75) is 31.8 Å². The summed E-state index contributed by atoms with van der Waals surface area (Å²) in [6.07, 6.45) is 1.94. The van der Waals surface area contributed by atoms with E-state index in [9.17, 15) is 14.0 Å². The molecule has 1 unspecified atom stereocenters. The van der Waals surface area contributed by atoms with Crippen molar-refractivity contribution in [1.29, 1.82) is 0 Å². The third-order valence-electron chi connectivity index (χ3n) is 3.09. The number of benzene rings is 1. The van der Waals surface area contributed by atoms with E-state index in [-0.39, 0.29) is 17.5 Å². The Morgan fingerprint density at radius 3 is 2.65 bits per heavy atom. The van der Waals surface area contributed by atoms with Crippen LogP contribution in [0.5, 0.6) is 5.75 Å². The van der Waals surface area contributed by atoms with Crippen molar-refractivity contribution in [1.82, 2.24) is 10.6 Å². The predicted molar refractivity (Wildman–Crippen MR) is 71.0 cm³/mol. The van der Waals surface area contributed by atoms with Gasteiger partial charge in [0.25, 0.3) is 5.91 Å². The Morgan fingerprint density at radius 1 is 1.40 bits per heavy atom. The standard InChI is InChI=1S/C14H17FN2O3/c1-8(13(18)17-9-3-4-9)16-14(19)11-6-5-10(20-2)7-12(11)15/h5-9H,3-4H2,1-2H3,(H,16,19)(H,17,18). The molecule has 1 aliphatic carbocycles. The zero-order valence-corrected chi connectivity index (χ0v) is 11.4. The number of halogens is 1. The fourth-order valence-electron chi connectivity index (χ4n) is 1.70. The molecule has 1 aliphatic rings. The monoisotopic (exact) mass is 280 g/mol. The molecule has 2 rings (SSSR count). The van der Waals surface area contributed by atoms with E-state index in [1.54, 1.807) is 6.92 Å². The maximum absolute atomic E-state index is 13.7. The number of hydrogen-bond donors (Lipinski definition) is 2. The van der Waals surface area contributed by atoms with E-state index in [1.165, 1.54) is 19.2 Å². The van der Waals surface area contributed by atoms with Crippen molar-refractivity contribution in [3.63, 3.8) is 0 Å². The van der Waals surface area contributed by atoms with Gasteiger partial charge in [-0.2, -0.15) is 0 Å². The summed E-state index contributed by atoms with van der Waals surface area (Å²) in [6, 6.07) is 3.47. The molecular formula is C14H17FN2O3. The van der Waals surface area contributed by atoms with Crippen LogP contribution in [0.25, 0.3) is 0 Å². The SMILES string of the molecule is COc1ccc(C(=O)NC(C)C(=O)NC2CC2)c(F)c1. The van der Waals surface area contributed by atoms with E-state index in [1.807, 2.05) is 0 Å². The molecule has 108 valence electrons. The Hall–Kier alpha value is -2.11. The number of amides is 2. The van der Waals surface area contributed by atoms with E-state index in [4.69, 9.17) is 4.74 Å². The fourth-order valence-corrected chi connectivity index (χ4v) is 1.70. The lowest BCUT2D eigenvalue weighted by Gasteiger charge is -2.14. The summed E-state index contributed by atoms with van der Waals surface area (Å²) in [6.45, 7) is 1.57. The van der Waals surface area contributed by atoms with Gasteiger partial charge in [0.15, 0.2) is 0 Å². The lowest BCUT2D eigenvalue weighted by atomic mass is 10.1. The Bertz CT molecular complexity index is 529. The molecule has 6 heteroatoms. The third-order valence-corrected chi connectivity index (χ3v) is 3.09. The van der Waals surface area contributed by atoms with E-state index in [0.29, 0.717) is 5.75 Å². The van der Waals surface area contributed by atoms with Gasteiger partial charge in [0.05, 0.1) is 12.7 Å². The van der Waals surface area contributed by atoms with Gasteiger partial charge in [-0.3, -0.25) is 9.59 Å². The molecule has 0 saturated heterocycles. The smallest absolute Gasteiger partial charge is 0.254 e. The highest BCUT2D eigenvalue weighted by atomic mass is 19.1. The first kappa shape index (κ1) is 14.3. The van der Waals surface area contributed by atoms with Gasteiger partial charge >= 0.3 is 0 Å². The highest BCUT2D eigenvalue weighted by molar-refractivity contribution is 5.97. The van der Waals surface area contributed by atoms with Crippen molar-refractivity contribution in [3.05, 3.63) is 29.6 Å². The number of methoxy groups -OCH3 is 1. The molecule has 0 spiro atoms. The Balaban J connectivity index is 1.98. The largest absolute Gasteiger partial charge is 0.497 e. The predicted octanol–water partition coefficient (Wildman–Crippen LogP) is 1.23. The van der Waals surface area contributed by atoms with Gasteiger partial charge in [0.2, 0.25) is 5.91 Å². The molecule has 0 heterocycles. The molecule has 20 heavy (non-hydrogen) atoms. The van der Waals surface area contributed by atoms with Gasteiger partial charge in [-0.05, 0) is 31.9 Å². The Labute approximate surface area is 116 Å². The van der Waals surface area contributed by atoms with Crippen LogP contribution in [0.4, 0.5) is 4.39 Å². The van der Waals surface area contributed by atoms with Gasteiger partial charge in [0.1, 0.15) is 17.6 Å². The maximum Gasteiger partial charge on any atom is 0.254 e. The molecule has 1 aromatic rings. The van der Waals surface area contributed by atoms with E-state index < -0.39 is 17.8 Å². The number of rotatable bonds is 5. The van der Waals surface area contributed by atoms with Gasteiger partial charge < -0.3 is 15.4 Å². The van der Waals surface area contributed by atoms with Crippen molar-refractivity contribution >= 4 is 11.8 Å². The number of carbonyl (C=O) groups is 2. The number of ether oxygens (including phenoxy) is 1. The summed E-state index contributed by atoms with van der Waals surface area (Å²) in [5, 5.41) is 5.25. The van der Waals surface area contributed by atoms with Crippen molar-refractivity contribution < 1.29 is 18.7 Å². The van der Waals surface area contributed by atoms with Gasteiger partial charge in [0, 0.05) is 12.1 Å². The first-order valence-corrected chi connectivity index (χ1v) is 6.46. The summed E-state index contributed by atoms with van der Waals surface area (Å²) in [5.74, 6) is -1.23. The fraction of sp³-hybridized carbons (Fsp3) is 0.429. The summed E-state index contributed by atoms with van der Waals surface area (Å²) in [7, 11) is 1.42. The molecule has 1 atom stereocenters. The summed E-state index contributed by atoms with van der Waals surface area (Å²) in [5.41, 5.74) is -0.114. The van der Waals surface area contributed by atoms with Crippen molar-refractivity contribution in [2.24, 2.45) is 0 Å². The van der Waals surface area contributed by atoms with E-state index in [2.05, 4.69) is 10.6 Å². The number of nitrogens with one attached hydrogen (secondary N) is 2. The second kappa shape index (κ2) is 5.90. The van der Waals surface area contributed by atoms with Crippen LogP contribution in [-0.2, 0) is 4.79 Å². The third kappa shape index (κ3) is 3.46. The minimum atomic E-state index is -0.704. The average molecular weight is 280 g/mol. The number of hydrogen-bond acceptors (Lipinski definition) is 3. The zero-order chi connectivity index (χ0) is 14.7. The molecule has 2 amide bonds. The molecule has 1 saturated carbocycles. The maximum atomic E-state index is 13.7. The quantitative estimate of drug-likeness (QED) is 0.852. The molecule has 0 aliphatic heterocycles. The lowest BCUT2D eigenvalue weighted by molar-refractivity contribution is -0.122. The van der Waals surface area contributed by atoms with Gasteiger partial charge in [-0.1, -0.05) is 0 Å². The second-order valence-electron chi connectivity index (χ2n) is 4.82. The summed E-state index contributed by atoms with van der Waals surface area (Å²) >= 11 is 0. The Kier molecular flexibility index (Phi) is 4.22. The van der Waals surface area contributed by atoms with Crippen molar-refractivity contribution in [3.8, 4) is 5.75 Å². The van der Waals surface area contributed by atoms with Crippen LogP contribution in [0.2, 0.25) is 0 Å². The molecular weight excluding hydrogens is 263 g/mol. The minimum Gasteiger partial charge on any atom is -0.497 e. The normalized spacial score (nSPS) is 15.3. The molecule has 0 radical (unpaired) electrons. The first-order valence-electron chi connectivity index (χ1n) is 6.46. The molecule has 0 aromatic heterocycles. The van der Waals surface area contributed by atoms with Crippen molar-refractivity contribution in [2.75, 3.05) is 7.11 Å². The van der Waals surface area contributed by atoms with Crippen LogP contribution in [-0.4, -0.2) is 31.0 Å². The van der Waals surface area contributed by atoms with E-state index >= 15 is 0 Å². The molecule has 2 N–H and O–H groups in total. The van der Waals surface area contributed by atoms with Crippen LogP contribution in [0.15, 0.2) is 18.2 Å². The van der Waals surface area contributed by atoms with Gasteiger partial charge in [-0.25, -0.2) is 4.39 Å². The first-order chi connectivity index (χ1) is 9.51. The summed E-state index contributed by atoms with van der Waals surface area (Å²) in [4.78, 5) is 23.6. The van der Waals surface area contributed by atoms with E-state index in [0.717, 1.165) is 18.9 Å². The number of carbonyl (C=O) groups excluding carboxylic acids is 2. The molecule has 1 fully saturated rings. The lowest BCUT2D eigenvalue weighted by Crippen LogP contribution is -2.45. The summed E-state index contributed by atoms with van der Waals surface area (Å²) < 4.78 is 18.6. The van der Waals surface area contributed by atoms with Crippen LogP contribution >= 0.6 is 0 Å². The van der Waals surface area contributed by atoms with Crippen LogP contribution < -0.4 is 15.4 Å². The topological polar surface area (TPSA) is 67.4 Å². The average Bonchev–Trinajstić information content (AvgIpc) is 3.22. The molecule has 1 aromatic carbocycles. The van der Waals surface area contributed by atoms with Crippen LogP contribution in [0.3, 0.4) is 0 Å². The van der Waals surface area contributed by atoms with Crippen LogP contribution in [0.1, 0.15) is 30.1 Å². The second-order valence-corrected chi connectivity index (χ2v) is 4.82. The molecule has 0 bridgehead atoms. The highest BCUT2D eigenvalue weighted by Gasteiger charge is 2.26. The van der Waals surface area contributed by atoms with Gasteiger partial charge in [-0.15, -0.1) is 0 Å². The molecule has 5 nitrogen and oxygen atoms in total.